The minimum atomic E-state index is -2.59. The molecular weight excluding hydrogens is 396 g/mol. The molecule has 0 aliphatic rings. The number of nitriles is 1. The topological polar surface area (TPSA) is 120 Å². The molecule has 30 heavy (non-hydrogen) atoms. The van der Waals surface area contributed by atoms with E-state index in [4.69, 9.17) is 10.00 Å². The van der Waals surface area contributed by atoms with E-state index < -0.39 is 6.43 Å². The number of ether oxygens (including phenoxy) is 1. The zero-order chi connectivity index (χ0) is 21.1. The van der Waals surface area contributed by atoms with E-state index in [0.29, 0.717) is 22.9 Å². The molecule has 4 aromatic rings. The van der Waals surface area contributed by atoms with E-state index in [1.165, 1.54) is 29.3 Å². The average molecular weight is 409 g/mol. The Kier molecular flexibility index (Phi) is 5.08. The highest BCUT2D eigenvalue weighted by molar-refractivity contribution is 5.56. The van der Waals surface area contributed by atoms with Crippen molar-refractivity contribution in [2.24, 2.45) is 7.05 Å². The second-order valence-electron chi connectivity index (χ2n) is 6.08. The van der Waals surface area contributed by atoms with Crippen LogP contribution in [0.3, 0.4) is 0 Å². The molecule has 0 bridgehead atoms. The second kappa shape index (κ2) is 8.00. The molecule has 0 saturated carbocycles. The van der Waals surface area contributed by atoms with E-state index in [1.807, 2.05) is 6.07 Å². The van der Waals surface area contributed by atoms with Crippen molar-refractivity contribution in [3.8, 4) is 29.2 Å². The predicted octanol–water partition coefficient (Wildman–Crippen LogP) is 2.24. The summed E-state index contributed by atoms with van der Waals surface area (Å²) >= 11 is 0. The molecule has 0 atom stereocenters. The number of pyridine rings is 1. The number of aryl methyl sites for hydroxylation is 1. The van der Waals surface area contributed by atoms with E-state index in [9.17, 15) is 8.78 Å². The lowest BCUT2D eigenvalue weighted by molar-refractivity contribution is 0.151. The van der Waals surface area contributed by atoms with E-state index in [1.54, 1.807) is 23.7 Å². The summed E-state index contributed by atoms with van der Waals surface area (Å²) in [7, 11) is 1.68. The van der Waals surface area contributed by atoms with Gasteiger partial charge in [-0.05, 0) is 18.2 Å². The van der Waals surface area contributed by atoms with Gasteiger partial charge in [-0.25, -0.2) is 18.4 Å². The van der Waals surface area contributed by atoms with Crippen LogP contribution in [-0.4, -0.2) is 39.7 Å². The molecule has 0 aliphatic heterocycles. The Labute approximate surface area is 168 Å². The molecule has 0 saturated heterocycles. The van der Waals surface area contributed by atoms with Crippen LogP contribution >= 0.6 is 0 Å². The van der Waals surface area contributed by atoms with Gasteiger partial charge in [-0.15, -0.1) is 15.3 Å². The summed E-state index contributed by atoms with van der Waals surface area (Å²) < 4.78 is 34.2. The smallest absolute Gasteiger partial charge is 0.265 e. The Morgan fingerprint density at radius 1 is 1.13 bits per heavy atom. The molecule has 0 radical (unpaired) electrons. The highest BCUT2D eigenvalue weighted by Crippen LogP contribution is 2.23. The SMILES string of the molecule is Cn1nnc(-c2ccc(C(F)F)cn2)c1COc1ccc(-n2cnc(C#N)c2)nn1. The fraction of sp³-hybridized carbons (Fsp3) is 0.167. The lowest BCUT2D eigenvalue weighted by Gasteiger charge is -2.07. The first-order valence-corrected chi connectivity index (χ1v) is 8.59. The fourth-order valence-electron chi connectivity index (χ4n) is 2.59. The molecule has 150 valence electrons. The maximum atomic E-state index is 12.7. The predicted molar refractivity (Wildman–Crippen MR) is 97.4 cm³/mol. The van der Waals surface area contributed by atoms with Crippen LogP contribution in [0.1, 0.15) is 23.4 Å². The molecule has 4 rings (SSSR count). The number of hydrogen-bond donors (Lipinski definition) is 0. The van der Waals surface area contributed by atoms with Crippen LogP contribution in [0.4, 0.5) is 8.78 Å². The van der Waals surface area contributed by atoms with Crippen molar-refractivity contribution in [2.75, 3.05) is 0 Å². The van der Waals surface area contributed by atoms with Crippen LogP contribution in [0.2, 0.25) is 0 Å². The van der Waals surface area contributed by atoms with Crippen molar-refractivity contribution in [1.29, 1.82) is 5.26 Å². The van der Waals surface area contributed by atoms with Gasteiger partial charge in [0.05, 0.1) is 5.69 Å². The van der Waals surface area contributed by atoms with Gasteiger partial charge in [0.15, 0.2) is 11.5 Å². The third-order valence-corrected chi connectivity index (χ3v) is 4.17. The maximum Gasteiger partial charge on any atom is 0.265 e. The lowest BCUT2D eigenvalue weighted by atomic mass is 10.2. The minimum absolute atomic E-state index is 0.0643. The average Bonchev–Trinajstić information content (AvgIpc) is 3.39. The number of rotatable bonds is 6. The summed E-state index contributed by atoms with van der Waals surface area (Å²) in [6, 6.07) is 7.98. The minimum Gasteiger partial charge on any atom is -0.470 e. The lowest BCUT2D eigenvalue weighted by Crippen LogP contribution is -2.06. The summed E-state index contributed by atoms with van der Waals surface area (Å²) in [6.45, 7) is 0.0643. The van der Waals surface area contributed by atoms with Crippen LogP contribution in [0, 0.1) is 11.3 Å². The first kappa shape index (κ1) is 19.1. The highest BCUT2D eigenvalue weighted by atomic mass is 19.3. The maximum absolute atomic E-state index is 12.7. The molecule has 0 spiro atoms. The normalized spacial score (nSPS) is 10.9. The molecule has 0 unspecified atom stereocenters. The Morgan fingerprint density at radius 3 is 2.63 bits per heavy atom. The summed E-state index contributed by atoms with van der Waals surface area (Å²) in [5.41, 5.74) is 1.51. The highest BCUT2D eigenvalue weighted by Gasteiger charge is 2.16. The zero-order valence-electron chi connectivity index (χ0n) is 15.5. The molecule has 0 aromatic carbocycles. The van der Waals surface area contributed by atoms with Crippen molar-refractivity contribution in [3.05, 3.63) is 59.9 Å². The molecule has 12 heteroatoms. The van der Waals surface area contributed by atoms with E-state index in [2.05, 4.69) is 30.5 Å². The zero-order valence-corrected chi connectivity index (χ0v) is 15.5. The van der Waals surface area contributed by atoms with Crippen LogP contribution in [0.5, 0.6) is 5.88 Å². The number of alkyl halides is 2. The number of aromatic nitrogens is 8. The van der Waals surface area contributed by atoms with Crippen molar-refractivity contribution < 1.29 is 13.5 Å². The molecule has 0 amide bonds. The van der Waals surface area contributed by atoms with Gasteiger partial charge in [0.2, 0.25) is 5.88 Å². The Balaban J connectivity index is 1.49. The van der Waals surface area contributed by atoms with Gasteiger partial charge in [-0.3, -0.25) is 9.55 Å². The Morgan fingerprint density at radius 2 is 2.00 bits per heavy atom. The van der Waals surface area contributed by atoms with Gasteiger partial charge in [0.25, 0.3) is 6.43 Å². The fourth-order valence-corrected chi connectivity index (χ4v) is 2.59. The van der Waals surface area contributed by atoms with E-state index in [-0.39, 0.29) is 23.7 Å². The van der Waals surface area contributed by atoms with Crippen molar-refractivity contribution in [3.63, 3.8) is 0 Å². The number of imidazole rings is 1. The quantitative estimate of drug-likeness (QED) is 0.475. The van der Waals surface area contributed by atoms with Crippen molar-refractivity contribution in [1.82, 2.24) is 39.7 Å². The van der Waals surface area contributed by atoms with Crippen molar-refractivity contribution in [2.45, 2.75) is 13.0 Å². The van der Waals surface area contributed by atoms with Crippen LogP contribution in [-0.2, 0) is 13.7 Å². The van der Waals surface area contributed by atoms with Gasteiger partial charge in [-0.1, -0.05) is 5.21 Å². The standard InChI is InChI=1S/C18H13F2N9O/c1-28-14(17(26-27-28)13-3-2-11(7-22-13)18(19)20)9-30-16-5-4-15(24-25-16)29-8-12(6-21)23-10-29/h2-5,7-8,10,18H,9H2,1H3. The van der Waals surface area contributed by atoms with Gasteiger partial charge >= 0.3 is 0 Å². The Bertz CT molecular complexity index is 1190. The molecule has 10 nitrogen and oxygen atoms in total. The molecular formula is C18H13F2N9O. The van der Waals surface area contributed by atoms with E-state index >= 15 is 0 Å². The van der Waals surface area contributed by atoms with Gasteiger partial charge < -0.3 is 4.74 Å². The number of nitrogens with zero attached hydrogens (tertiary/aromatic N) is 9. The van der Waals surface area contributed by atoms with Crippen LogP contribution < -0.4 is 4.74 Å². The van der Waals surface area contributed by atoms with Gasteiger partial charge in [0.1, 0.15) is 30.4 Å². The summed E-state index contributed by atoms with van der Waals surface area (Å²) in [5.74, 6) is 0.732. The summed E-state index contributed by atoms with van der Waals surface area (Å²) in [4.78, 5) is 7.95. The first-order chi connectivity index (χ1) is 14.5. The molecule has 4 aromatic heterocycles. The summed E-state index contributed by atoms with van der Waals surface area (Å²) in [6.07, 6.45) is 1.51. The van der Waals surface area contributed by atoms with E-state index in [0.717, 1.165) is 6.20 Å². The van der Waals surface area contributed by atoms with Gasteiger partial charge in [-0.2, -0.15) is 5.26 Å². The number of halogens is 2. The van der Waals surface area contributed by atoms with Gasteiger partial charge in [0, 0.05) is 31.1 Å². The first-order valence-electron chi connectivity index (χ1n) is 8.59. The second-order valence-corrected chi connectivity index (χ2v) is 6.08. The van der Waals surface area contributed by atoms with Crippen molar-refractivity contribution >= 4 is 0 Å². The molecule has 0 aliphatic carbocycles. The summed E-state index contributed by atoms with van der Waals surface area (Å²) in [5, 5.41) is 24.9. The van der Waals surface area contributed by atoms with Crippen LogP contribution in [0.25, 0.3) is 17.2 Å². The Hall–Kier alpha value is -4.27. The molecule has 4 heterocycles. The third-order valence-electron chi connectivity index (χ3n) is 4.17. The molecule has 0 N–H and O–H groups in total. The molecule has 0 fully saturated rings. The van der Waals surface area contributed by atoms with Crippen LogP contribution in [0.15, 0.2) is 43.0 Å². The largest absolute Gasteiger partial charge is 0.470 e. The number of hydrogen-bond acceptors (Lipinski definition) is 8. The third kappa shape index (κ3) is 3.81. The monoisotopic (exact) mass is 409 g/mol.